The minimum Gasteiger partial charge on any atom is -0.325 e. The van der Waals surface area contributed by atoms with E-state index in [9.17, 15) is 0 Å². The van der Waals surface area contributed by atoms with Crippen molar-refractivity contribution in [3.8, 4) is 0 Å². The maximum Gasteiger partial charge on any atom is 0.106 e. The maximum atomic E-state index is 4.67. The van der Waals surface area contributed by atoms with Crippen LogP contribution in [0.1, 0.15) is 38.1 Å². The molecule has 2 aromatic rings. The van der Waals surface area contributed by atoms with E-state index in [2.05, 4.69) is 53.0 Å². The lowest BCUT2D eigenvalue weighted by Gasteiger charge is -2.16. The Balaban J connectivity index is 1.93. The molecule has 1 aliphatic rings. The summed E-state index contributed by atoms with van der Waals surface area (Å²) < 4.78 is 2.44. The molecule has 0 amide bonds. The molecule has 1 fully saturated rings. The molecule has 1 N–H and O–H groups in total. The van der Waals surface area contributed by atoms with Gasteiger partial charge in [0.25, 0.3) is 0 Å². The van der Waals surface area contributed by atoms with Crippen molar-refractivity contribution in [2.24, 2.45) is 0 Å². The first kappa shape index (κ1) is 11.7. The SMILES string of the molecule is CCNC1CCC(n2c(C)nc3ccccc32)C1. The Labute approximate surface area is 108 Å². The highest BCUT2D eigenvalue weighted by Crippen LogP contribution is 2.33. The number of aryl methyl sites for hydroxylation is 1. The molecule has 1 aromatic carbocycles. The van der Waals surface area contributed by atoms with Crippen LogP contribution in [-0.4, -0.2) is 22.1 Å². The number of nitrogens with zero attached hydrogens (tertiary/aromatic N) is 2. The molecule has 0 bridgehead atoms. The number of rotatable bonds is 3. The summed E-state index contributed by atoms with van der Waals surface area (Å²) in [5.74, 6) is 1.15. The van der Waals surface area contributed by atoms with Crippen LogP contribution in [-0.2, 0) is 0 Å². The van der Waals surface area contributed by atoms with Gasteiger partial charge >= 0.3 is 0 Å². The van der Waals surface area contributed by atoms with E-state index in [0.717, 1.165) is 17.9 Å². The predicted octanol–water partition coefficient (Wildman–Crippen LogP) is 3.05. The van der Waals surface area contributed by atoms with Gasteiger partial charge in [-0.05, 0) is 44.9 Å². The van der Waals surface area contributed by atoms with E-state index in [1.54, 1.807) is 0 Å². The molecule has 2 atom stereocenters. The van der Waals surface area contributed by atoms with E-state index >= 15 is 0 Å². The van der Waals surface area contributed by atoms with Gasteiger partial charge < -0.3 is 9.88 Å². The number of hydrogen-bond acceptors (Lipinski definition) is 2. The number of fused-ring (bicyclic) bond motifs is 1. The van der Waals surface area contributed by atoms with Gasteiger partial charge in [-0.1, -0.05) is 19.1 Å². The highest BCUT2D eigenvalue weighted by molar-refractivity contribution is 5.76. The second-order valence-corrected chi connectivity index (χ2v) is 5.24. The van der Waals surface area contributed by atoms with Crippen LogP contribution in [0.25, 0.3) is 11.0 Å². The summed E-state index contributed by atoms with van der Waals surface area (Å²) in [4.78, 5) is 4.67. The number of imidazole rings is 1. The third kappa shape index (κ3) is 1.93. The first-order valence-electron chi connectivity index (χ1n) is 6.96. The molecule has 0 radical (unpaired) electrons. The van der Waals surface area contributed by atoms with Crippen LogP contribution in [0.4, 0.5) is 0 Å². The fourth-order valence-electron chi connectivity index (χ4n) is 3.29. The molecular formula is C15H21N3. The zero-order chi connectivity index (χ0) is 12.5. The summed E-state index contributed by atoms with van der Waals surface area (Å²) in [5, 5.41) is 3.57. The van der Waals surface area contributed by atoms with Gasteiger partial charge in [0, 0.05) is 12.1 Å². The van der Waals surface area contributed by atoms with Crippen molar-refractivity contribution in [3.05, 3.63) is 30.1 Å². The van der Waals surface area contributed by atoms with E-state index in [-0.39, 0.29) is 0 Å². The lowest BCUT2D eigenvalue weighted by Crippen LogP contribution is -2.26. The molecule has 1 aliphatic carbocycles. The molecule has 1 saturated carbocycles. The van der Waals surface area contributed by atoms with Gasteiger partial charge in [0.15, 0.2) is 0 Å². The van der Waals surface area contributed by atoms with Crippen LogP contribution in [0, 0.1) is 6.92 Å². The lowest BCUT2D eigenvalue weighted by atomic mass is 10.2. The minimum atomic E-state index is 0.612. The van der Waals surface area contributed by atoms with Crippen molar-refractivity contribution in [2.45, 2.75) is 45.2 Å². The van der Waals surface area contributed by atoms with E-state index in [4.69, 9.17) is 0 Å². The first-order valence-corrected chi connectivity index (χ1v) is 6.96. The largest absolute Gasteiger partial charge is 0.325 e. The van der Waals surface area contributed by atoms with Gasteiger partial charge in [-0.25, -0.2) is 4.98 Å². The van der Waals surface area contributed by atoms with Crippen LogP contribution in [0.15, 0.2) is 24.3 Å². The molecule has 1 heterocycles. The number of aromatic nitrogens is 2. The van der Waals surface area contributed by atoms with Gasteiger partial charge in [-0.15, -0.1) is 0 Å². The minimum absolute atomic E-state index is 0.612. The van der Waals surface area contributed by atoms with Crippen LogP contribution in [0.2, 0.25) is 0 Å². The molecule has 1 aromatic heterocycles. The zero-order valence-electron chi connectivity index (χ0n) is 11.2. The van der Waals surface area contributed by atoms with Gasteiger partial charge in [0.05, 0.1) is 11.0 Å². The maximum absolute atomic E-state index is 4.67. The summed E-state index contributed by atoms with van der Waals surface area (Å²) in [5.41, 5.74) is 2.42. The van der Waals surface area contributed by atoms with Crippen molar-refractivity contribution in [1.82, 2.24) is 14.9 Å². The number of hydrogen-bond donors (Lipinski definition) is 1. The van der Waals surface area contributed by atoms with E-state index in [1.165, 1.54) is 24.8 Å². The molecule has 3 rings (SSSR count). The van der Waals surface area contributed by atoms with Crippen molar-refractivity contribution in [1.29, 1.82) is 0 Å². The molecular weight excluding hydrogens is 222 g/mol. The van der Waals surface area contributed by atoms with Crippen LogP contribution in [0.5, 0.6) is 0 Å². The highest BCUT2D eigenvalue weighted by atomic mass is 15.1. The second kappa shape index (κ2) is 4.73. The Morgan fingerprint density at radius 2 is 2.17 bits per heavy atom. The quantitative estimate of drug-likeness (QED) is 0.898. The second-order valence-electron chi connectivity index (χ2n) is 5.24. The van der Waals surface area contributed by atoms with Gasteiger partial charge in [0.1, 0.15) is 5.82 Å². The summed E-state index contributed by atoms with van der Waals surface area (Å²) in [7, 11) is 0. The van der Waals surface area contributed by atoms with Gasteiger partial charge in [-0.3, -0.25) is 0 Å². The van der Waals surface area contributed by atoms with E-state index in [1.807, 2.05) is 0 Å². The monoisotopic (exact) mass is 243 g/mol. The van der Waals surface area contributed by atoms with Crippen LogP contribution >= 0.6 is 0 Å². The highest BCUT2D eigenvalue weighted by Gasteiger charge is 2.27. The van der Waals surface area contributed by atoms with Crippen molar-refractivity contribution in [3.63, 3.8) is 0 Å². The van der Waals surface area contributed by atoms with Crippen molar-refractivity contribution < 1.29 is 0 Å². The number of nitrogens with one attached hydrogen (secondary N) is 1. The van der Waals surface area contributed by atoms with Crippen LogP contribution in [0.3, 0.4) is 0 Å². The van der Waals surface area contributed by atoms with Gasteiger partial charge in [-0.2, -0.15) is 0 Å². The van der Waals surface area contributed by atoms with E-state index in [0.29, 0.717) is 12.1 Å². The molecule has 0 spiro atoms. The van der Waals surface area contributed by atoms with Gasteiger partial charge in [0.2, 0.25) is 0 Å². The first-order chi connectivity index (χ1) is 8.79. The Morgan fingerprint density at radius 3 is 3.00 bits per heavy atom. The van der Waals surface area contributed by atoms with Crippen molar-refractivity contribution >= 4 is 11.0 Å². The average molecular weight is 243 g/mol. The Hall–Kier alpha value is -1.35. The topological polar surface area (TPSA) is 29.9 Å². The summed E-state index contributed by atoms with van der Waals surface area (Å²) >= 11 is 0. The third-order valence-electron chi connectivity index (χ3n) is 4.04. The van der Waals surface area contributed by atoms with E-state index < -0.39 is 0 Å². The Bertz CT molecular complexity index is 544. The summed E-state index contributed by atoms with van der Waals surface area (Å²) in [6, 6.07) is 9.76. The fourth-order valence-corrected chi connectivity index (χ4v) is 3.29. The number of para-hydroxylation sites is 2. The smallest absolute Gasteiger partial charge is 0.106 e. The van der Waals surface area contributed by atoms with Crippen molar-refractivity contribution in [2.75, 3.05) is 6.54 Å². The molecule has 0 aliphatic heterocycles. The third-order valence-corrected chi connectivity index (χ3v) is 4.04. The molecule has 18 heavy (non-hydrogen) atoms. The zero-order valence-corrected chi connectivity index (χ0v) is 11.2. The normalized spacial score (nSPS) is 23.9. The average Bonchev–Trinajstić information content (AvgIpc) is 2.92. The summed E-state index contributed by atoms with van der Waals surface area (Å²) in [6.45, 7) is 5.38. The molecule has 3 heteroatoms. The molecule has 2 unspecified atom stereocenters. The molecule has 0 saturated heterocycles. The van der Waals surface area contributed by atoms with Crippen LogP contribution < -0.4 is 5.32 Å². The number of benzene rings is 1. The lowest BCUT2D eigenvalue weighted by molar-refractivity contribution is 0.482. The Kier molecular flexibility index (Phi) is 3.08. The predicted molar refractivity (Wildman–Crippen MR) is 74.8 cm³/mol. The standard InChI is InChI=1S/C15H21N3/c1-3-16-12-8-9-13(10-12)18-11(2)17-14-6-4-5-7-15(14)18/h4-7,12-13,16H,3,8-10H2,1-2H3. The fraction of sp³-hybridized carbons (Fsp3) is 0.533. The molecule has 3 nitrogen and oxygen atoms in total. The molecule has 96 valence electrons. The summed E-state index contributed by atoms with van der Waals surface area (Å²) in [6.07, 6.45) is 3.78. The Morgan fingerprint density at radius 1 is 1.33 bits per heavy atom.